The molecule has 21 heavy (non-hydrogen) atoms. The van der Waals surface area contributed by atoms with Crippen LogP contribution in [0.2, 0.25) is 5.02 Å². The smallest absolute Gasteiger partial charge is 0.152 e. The van der Waals surface area contributed by atoms with E-state index in [1.54, 1.807) is 0 Å². The Morgan fingerprint density at radius 3 is 2.33 bits per heavy atom. The molecule has 0 fully saturated rings. The average Bonchev–Trinajstić information content (AvgIpc) is 2.47. The third-order valence-electron chi connectivity index (χ3n) is 3.59. The molecule has 4 heteroatoms. The molecule has 0 bridgehead atoms. The van der Waals surface area contributed by atoms with Crippen molar-refractivity contribution in [1.29, 1.82) is 0 Å². The van der Waals surface area contributed by atoms with Crippen LogP contribution in [0.1, 0.15) is 56.0 Å². The monoisotopic (exact) mass is 303 g/mol. The van der Waals surface area contributed by atoms with E-state index in [0.29, 0.717) is 5.92 Å². The number of aryl methyl sites for hydroxylation is 1. The van der Waals surface area contributed by atoms with Crippen molar-refractivity contribution in [3.63, 3.8) is 0 Å². The van der Waals surface area contributed by atoms with Gasteiger partial charge in [-0.15, -0.1) is 5.10 Å². The van der Waals surface area contributed by atoms with Gasteiger partial charge in [0.15, 0.2) is 5.82 Å². The number of aromatic nitrogens is 2. The van der Waals surface area contributed by atoms with Crippen LogP contribution in [0.5, 0.6) is 0 Å². The van der Waals surface area contributed by atoms with Gasteiger partial charge in [-0.1, -0.05) is 44.5 Å². The van der Waals surface area contributed by atoms with Crippen LogP contribution in [-0.2, 0) is 0 Å². The number of halogens is 1. The number of hydrogen-bond acceptors (Lipinski definition) is 3. The third kappa shape index (κ3) is 3.94. The fraction of sp³-hybridized carbons (Fsp3) is 0.412. The zero-order valence-electron chi connectivity index (χ0n) is 13.0. The molecule has 0 aliphatic rings. The van der Waals surface area contributed by atoms with Crippen LogP contribution in [0.4, 0.5) is 5.82 Å². The zero-order chi connectivity index (χ0) is 15.4. The van der Waals surface area contributed by atoms with Gasteiger partial charge in [0.1, 0.15) is 0 Å². The predicted molar refractivity (Wildman–Crippen MR) is 89.0 cm³/mol. The Morgan fingerprint density at radius 2 is 1.81 bits per heavy atom. The lowest BCUT2D eigenvalue weighted by Crippen LogP contribution is -2.13. The van der Waals surface area contributed by atoms with Crippen LogP contribution in [0.25, 0.3) is 0 Å². The molecule has 0 spiro atoms. The quantitative estimate of drug-likeness (QED) is 0.832. The minimum absolute atomic E-state index is 0.208. The predicted octanol–water partition coefficient (Wildman–Crippen LogP) is 5.13. The molecule has 0 saturated heterocycles. The molecule has 0 aliphatic carbocycles. The molecule has 2 aromatic rings. The molecule has 1 N–H and O–H groups in total. The lowest BCUT2D eigenvalue weighted by atomic mass is 10.0. The first-order chi connectivity index (χ1) is 10.0. The van der Waals surface area contributed by atoms with Gasteiger partial charge < -0.3 is 5.32 Å². The highest BCUT2D eigenvalue weighted by Crippen LogP contribution is 2.25. The van der Waals surface area contributed by atoms with E-state index in [1.807, 2.05) is 12.1 Å². The molecule has 1 heterocycles. The fourth-order valence-corrected chi connectivity index (χ4v) is 2.34. The summed E-state index contributed by atoms with van der Waals surface area (Å²) in [5, 5.41) is 12.9. The molecule has 112 valence electrons. The Kier molecular flexibility index (Phi) is 5.18. The van der Waals surface area contributed by atoms with Crippen molar-refractivity contribution in [1.82, 2.24) is 10.2 Å². The van der Waals surface area contributed by atoms with Crippen LogP contribution in [0.3, 0.4) is 0 Å². The fourth-order valence-electron chi connectivity index (χ4n) is 2.21. The number of nitrogens with one attached hydrogen (secondary N) is 1. The number of nitrogens with zero attached hydrogens (tertiary/aromatic N) is 2. The van der Waals surface area contributed by atoms with Gasteiger partial charge in [-0.05, 0) is 48.6 Å². The molecule has 3 nitrogen and oxygen atoms in total. The molecule has 0 unspecified atom stereocenters. The summed E-state index contributed by atoms with van der Waals surface area (Å²) in [5.41, 5.74) is 3.36. The number of rotatable bonds is 5. The first-order valence-electron chi connectivity index (χ1n) is 7.37. The summed E-state index contributed by atoms with van der Waals surface area (Å²) in [5.74, 6) is 1.24. The van der Waals surface area contributed by atoms with Gasteiger partial charge >= 0.3 is 0 Å². The van der Waals surface area contributed by atoms with Crippen molar-refractivity contribution in [2.24, 2.45) is 0 Å². The molecule has 1 aromatic carbocycles. The second-order valence-electron chi connectivity index (χ2n) is 5.61. The van der Waals surface area contributed by atoms with Crippen molar-refractivity contribution in [3.8, 4) is 0 Å². The van der Waals surface area contributed by atoms with Crippen LogP contribution in [0, 0.1) is 6.92 Å². The molecule has 1 atom stereocenters. The van der Waals surface area contributed by atoms with Crippen molar-refractivity contribution in [2.75, 3.05) is 5.32 Å². The van der Waals surface area contributed by atoms with Gasteiger partial charge in [0.05, 0.1) is 11.7 Å². The Balaban J connectivity index is 2.20. The molecule has 0 aliphatic heterocycles. The Hall–Kier alpha value is -1.61. The van der Waals surface area contributed by atoms with Crippen molar-refractivity contribution < 1.29 is 0 Å². The van der Waals surface area contributed by atoms with Gasteiger partial charge in [-0.2, -0.15) is 5.10 Å². The summed E-state index contributed by atoms with van der Waals surface area (Å²) in [4.78, 5) is 0. The molecule has 0 saturated carbocycles. The van der Waals surface area contributed by atoms with Crippen LogP contribution in [-0.4, -0.2) is 10.2 Å². The van der Waals surface area contributed by atoms with Crippen LogP contribution >= 0.6 is 11.6 Å². The van der Waals surface area contributed by atoms with Crippen molar-refractivity contribution in [3.05, 3.63) is 52.2 Å². The van der Waals surface area contributed by atoms with Gasteiger partial charge in [0.25, 0.3) is 0 Å². The van der Waals surface area contributed by atoms with Crippen LogP contribution < -0.4 is 5.32 Å². The summed E-state index contributed by atoms with van der Waals surface area (Å²) in [6.07, 6.45) is 0.967. The van der Waals surface area contributed by atoms with Crippen molar-refractivity contribution >= 4 is 17.4 Å². The summed E-state index contributed by atoms with van der Waals surface area (Å²) < 4.78 is 0. The minimum Gasteiger partial charge on any atom is -0.362 e. The van der Waals surface area contributed by atoms with Crippen molar-refractivity contribution in [2.45, 2.75) is 46.1 Å². The molecule has 0 amide bonds. The van der Waals surface area contributed by atoms with E-state index >= 15 is 0 Å². The lowest BCUT2D eigenvalue weighted by molar-refractivity contribution is 0.729. The van der Waals surface area contributed by atoms with E-state index in [-0.39, 0.29) is 6.04 Å². The van der Waals surface area contributed by atoms with Crippen LogP contribution in [0.15, 0.2) is 30.3 Å². The molecular weight excluding hydrogens is 282 g/mol. The van der Waals surface area contributed by atoms with E-state index in [4.69, 9.17) is 11.6 Å². The number of anilines is 1. The first-order valence-corrected chi connectivity index (χ1v) is 7.75. The first kappa shape index (κ1) is 15.8. The van der Waals surface area contributed by atoms with Gasteiger partial charge in [0.2, 0.25) is 0 Å². The zero-order valence-corrected chi connectivity index (χ0v) is 13.8. The highest BCUT2D eigenvalue weighted by atomic mass is 35.5. The topological polar surface area (TPSA) is 37.8 Å². The van der Waals surface area contributed by atoms with E-state index in [9.17, 15) is 0 Å². The third-order valence-corrected chi connectivity index (χ3v) is 3.84. The minimum atomic E-state index is 0.208. The highest BCUT2D eigenvalue weighted by Gasteiger charge is 2.13. The normalized spacial score (nSPS) is 12.5. The summed E-state index contributed by atoms with van der Waals surface area (Å²) in [6, 6.07) is 10.3. The Labute approximate surface area is 131 Å². The van der Waals surface area contributed by atoms with Gasteiger partial charge in [0, 0.05) is 5.02 Å². The van der Waals surface area contributed by atoms with E-state index in [0.717, 1.165) is 28.5 Å². The van der Waals surface area contributed by atoms with Gasteiger partial charge in [-0.25, -0.2) is 0 Å². The SMILES string of the molecule is CC[C@H](Nc1nnc(C(C)C)cc1C)c1ccc(Cl)cc1. The maximum Gasteiger partial charge on any atom is 0.152 e. The second-order valence-corrected chi connectivity index (χ2v) is 6.05. The summed E-state index contributed by atoms with van der Waals surface area (Å²) in [7, 11) is 0. The van der Waals surface area contributed by atoms with E-state index in [2.05, 4.69) is 61.4 Å². The summed E-state index contributed by atoms with van der Waals surface area (Å²) in [6.45, 7) is 8.47. The maximum atomic E-state index is 5.95. The molecule has 1 aromatic heterocycles. The number of benzene rings is 1. The highest BCUT2D eigenvalue weighted by molar-refractivity contribution is 6.30. The average molecular weight is 304 g/mol. The van der Waals surface area contributed by atoms with E-state index < -0.39 is 0 Å². The van der Waals surface area contributed by atoms with E-state index in [1.165, 1.54) is 5.56 Å². The molecule has 0 radical (unpaired) electrons. The summed E-state index contributed by atoms with van der Waals surface area (Å²) >= 11 is 5.95. The molecular formula is C17H22ClN3. The largest absolute Gasteiger partial charge is 0.362 e. The molecule has 2 rings (SSSR count). The number of hydrogen-bond donors (Lipinski definition) is 1. The Bertz CT molecular complexity index is 593. The standard InChI is InChI=1S/C17H22ClN3/c1-5-15(13-6-8-14(18)9-7-13)19-17-12(4)10-16(11(2)3)20-21-17/h6-11,15H,5H2,1-4H3,(H,19,21)/t15-/m0/s1. The van der Waals surface area contributed by atoms with Gasteiger partial charge in [-0.3, -0.25) is 0 Å². The Morgan fingerprint density at radius 1 is 1.14 bits per heavy atom. The second kappa shape index (κ2) is 6.90. The maximum absolute atomic E-state index is 5.95. The lowest BCUT2D eigenvalue weighted by Gasteiger charge is -2.19.